The van der Waals surface area contributed by atoms with Gasteiger partial charge in [0.2, 0.25) is 5.91 Å². The van der Waals surface area contributed by atoms with E-state index in [9.17, 15) is 9.18 Å². The molecule has 1 aromatic carbocycles. The first-order valence-electron chi connectivity index (χ1n) is 9.34. The smallest absolute Gasteiger partial charge is 0.226 e. The topological polar surface area (TPSA) is 49.3 Å². The van der Waals surface area contributed by atoms with Crippen molar-refractivity contribution in [2.75, 3.05) is 27.2 Å². The maximum Gasteiger partial charge on any atom is 0.226 e. The second-order valence-electron chi connectivity index (χ2n) is 7.55. The van der Waals surface area contributed by atoms with E-state index in [-0.39, 0.29) is 17.6 Å². The van der Waals surface area contributed by atoms with E-state index in [1.54, 1.807) is 31.1 Å². The zero-order valence-corrected chi connectivity index (χ0v) is 16.5. The molecule has 1 fully saturated rings. The van der Waals surface area contributed by atoms with Gasteiger partial charge < -0.3 is 4.90 Å². The first kappa shape index (κ1) is 19.4. The summed E-state index contributed by atoms with van der Waals surface area (Å²) < 4.78 is 13.4. The van der Waals surface area contributed by atoms with Crippen molar-refractivity contribution in [2.45, 2.75) is 39.2 Å². The maximum atomic E-state index is 13.4. The van der Waals surface area contributed by atoms with Gasteiger partial charge >= 0.3 is 0 Å². The molecule has 27 heavy (non-hydrogen) atoms. The minimum Gasteiger partial charge on any atom is -0.349 e. The van der Waals surface area contributed by atoms with Gasteiger partial charge in [0.1, 0.15) is 11.6 Å². The van der Waals surface area contributed by atoms with Crippen molar-refractivity contribution in [3.8, 4) is 0 Å². The number of amides is 1. The molecule has 1 unspecified atom stereocenters. The van der Waals surface area contributed by atoms with Crippen molar-refractivity contribution in [3.63, 3.8) is 0 Å². The van der Waals surface area contributed by atoms with E-state index >= 15 is 0 Å². The minimum absolute atomic E-state index is 0.0553. The lowest BCUT2D eigenvalue weighted by molar-refractivity contribution is -0.128. The molecule has 0 spiro atoms. The summed E-state index contributed by atoms with van der Waals surface area (Å²) in [7, 11) is 3.52. The average molecular weight is 370 g/mol. The van der Waals surface area contributed by atoms with E-state index in [4.69, 9.17) is 9.97 Å². The number of benzene rings is 1. The number of hydrogen-bond donors (Lipinski definition) is 0. The van der Waals surface area contributed by atoms with E-state index in [2.05, 4.69) is 4.90 Å². The molecule has 1 aromatic heterocycles. The molecule has 6 heteroatoms. The van der Waals surface area contributed by atoms with Crippen LogP contribution in [0.3, 0.4) is 0 Å². The largest absolute Gasteiger partial charge is 0.349 e. The number of halogens is 1. The van der Waals surface area contributed by atoms with E-state index in [0.717, 1.165) is 54.4 Å². The Hall–Kier alpha value is -2.34. The molecule has 2 heterocycles. The fraction of sp³-hybridized carbons (Fsp3) is 0.476. The van der Waals surface area contributed by atoms with Crippen molar-refractivity contribution in [3.05, 3.63) is 58.4 Å². The summed E-state index contributed by atoms with van der Waals surface area (Å²) in [6.07, 6.45) is 1.32. The van der Waals surface area contributed by atoms with Gasteiger partial charge in [-0.2, -0.15) is 0 Å². The fourth-order valence-electron chi connectivity index (χ4n) is 3.59. The summed E-state index contributed by atoms with van der Waals surface area (Å²) in [5, 5.41) is 0. The van der Waals surface area contributed by atoms with Crippen LogP contribution in [0, 0.1) is 19.7 Å². The summed E-state index contributed by atoms with van der Waals surface area (Å²) >= 11 is 0. The monoisotopic (exact) mass is 370 g/mol. The zero-order valence-electron chi connectivity index (χ0n) is 16.5. The van der Waals surface area contributed by atoms with Crippen LogP contribution >= 0.6 is 0 Å². The van der Waals surface area contributed by atoms with Gasteiger partial charge in [-0.15, -0.1) is 0 Å². The lowest BCUT2D eigenvalue weighted by atomic mass is 10.0. The number of likely N-dealkylation sites (N-methyl/N-ethyl adjacent to an activating group) is 1. The summed E-state index contributed by atoms with van der Waals surface area (Å²) in [4.78, 5) is 25.4. The van der Waals surface area contributed by atoms with Crippen molar-refractivity contribution >= 4 is 5.91 Å². The quantitative estimate of drug-likeness (QED) is 0.812. The third-order valence-electron chi connectivity index (χ3n) is 5.20. The van der Waals surface area contributed by atoms with Crippen LogP contribution in [0.25, 0.3) is 0 Å². The van der Waals surface area contributed by atoms with Gasteiger partial charge in [0.15, 0.2) is 0 Å². The predicted octanol–water partition coefficient (Wildman–Crippen LogP) is 2.85. The molecule has 0 saturated carbocycles. The van der Waals surface area contributed by atoms with Gasteiger partial charge in [-0.25, -0.2) is 14.4 Å². The van der Waals surface area contributed by atoms with Gasteiger partial charge in [-0.05, 0) is 44.5 Å². The van der Waals surface area contributed by atoms with Crippen LogP contribution in [0.15, 0.2) is 24.3 Å². The van der Waals surface area contributed by atoms with Crippen molar-refractivity contribution in [1.29, 1.82) is 0 Å². The van der Waals surface area contributed by atoms with Crippen LogP contribution in [0.2, 0.25) is 0 Å². The molecule has 3 rings (SSSR count). The number of aromatic nitrogens is 2. The highest BCUT2D eigenvalue weighted by atomic mass is 19.1. The van der Waals surface area contributed by atoms with Crippen molar-refractivity contribution in [1.82, 2.24) is 19.8 Å². The lowest BCUT2D eigenvalue weighted by Crippen LogP contribution is -2.25. The SMILES string of the molecule is Cc1nc(C2CCN(Cc3cccc(F)c3)C2)nc(C)c1CC(=O)N(C)C. The highest BCUT2D eigenvalue weighted by Crippen LogP contribution is 2.27. The minimum atomic E-state index is -0.194. The summed E-state index contributed by atoms with van der Waals surface area (Å²) in [6, 6.07) is 6.77. The number of aryl methyl sites for hydroxylation is 2. The molecule has 1 atom stereocenters. The Labute approximate surface area is 160 Å². The van der Waals surface area contributed by atoms with Crippen LogP contribution < -0.4 is 0 Å². The Morgan fingerprint density at radius 1 is 1.26 bits per heavy atom. The van der Waals surface area contributed by atoms with Crippen LogP contribution in [0.5, 0.6) is 0 Å². The number of hydrogen-bond acceptors (Lipinski definition) is 4. The Morgan fingerprint density at radius 3 is 2.59 bits per heavy atom. The second-order valence-corrected chi connectivity index (χ2v) is 7.55. The predicted molar refractivity (Wildman–Crippen MR) is 103 cm³/mol. The molecule has 5 nitrogen and oxygen atoms in total. The molecule has 0 N–H and O–H groups in total. The van der Waals surface area contributed by atoms with Crippen molar-refractivity contribution in [2.24, 2.45) is 0 Å². The molecular weight excluding hydrogens is 343 g/mol. The highest BCUT2D eigenvalue weighted by molar-refractivity contribution is 5.78. The Morgan fingerprint density at radius 2 is 1.96 bits per heavy atom. The Kier molecular flexibility index (Phi) is 5.85. The summed E-state index contributed by atoms with van der Waals surface area (Å²) in [5.41, 5.74) is 3.68. The molecule has 0 radical (unpaired) electrons. The Balaban J connectivity index is 1.69. The molecule has 0 bridgehead atoms. The molecule has 1 saturated heterocycles. The standard InChI is InChI=1S/C21H27FN4O/c1-14-19(11-20(27)25(3)4)15(2)24-21(23-14)17-8-9-26(13-17)12-16-6-5-7-18(22)10-16/h5-7,10,17H,8-9,11-13H2,1-4H3. The van der Waals surface area contributed by atoms with E-state index in [1.165, 1.54) is 6.07 Å². The normalized spacial score (nSPS) is 17.3. The molecule has 0 aliphatic carbocycles. The average Bonchev–Trinajstić information content (AvgIpc) is 3.06. The molecule has 2 aromatic rings. The molecular formula is C21H27FN4O. The number of nitrogens with zero attached hydrogens (tertiary/aromatic N) is 4. The lowest BCUT2D eigenvalue weighted by Gasteiger charge is -2.17. The van der Waals surface area contributed by atoms with Gasteiger partial charge in [0.05, 0.1) is 6.42 Å². The number of rotatable bonds is 5. The zero-order chi connectivity index (χ0) is 19.6. The van der Waals surface area contributed by atoms with Gasteiger partial charge in [-0.3, -0.25) is 9.69 Å². The van der Waals surface area contributed by atoms with Gasteiger partial charge in [-0.1, -0.05) is 12.1 Å². The second kappa shape index (κ2) is 8.13. The van der Waals surface area contributed by atoms with E-state index in [0.29, 0.717) is 6.42 Å². The van der Waals surface area contributed by atoms with Gasteiger partial charge in [0.25, 0.3) is 0 Å². The molecule has 1 aliphatic rings. The number of carbonyl (C=O) groups is 1. The van der Waals surface area contributed by atoms with E-state index in [1.807, 2.05) is 19.9 Å². The summed E-state index contributed by atoms with van der Waals surface area (Å²) in [5.74, 6) is 0.989. The summed E-state index contributed by atoms with van der Waals surface area (Å²) in [6.45, 7) is 6.46. The number of carbonyl (C=O) groups excluding carboxylic acids is 1. The molecule has 1 amide bonds. The fourth-order valence-corrected chi connectivity index (χ4v) is 3.59. The third-order valence-corrected chi connectivity index (χ3v) is 5.20. The number of likely N-dealkylation sites (tertiary alicyclic amines) is 1. The molecule has 144 valence electrons. The third kappa shape index (κ3) is 4.69. The Bertz CT molecular complexity index is 814. The van der Waals surface area contributed by atoms with Gasteiger partial charge in [0, 0.05) is 50.1 Å². The highest BCUT2D eigenvalue weighted by Gasteiger charge is 2.27. The van der Waals surface area contributed by atoms with Crippen LogP contribution in [0.4, 0.5) is 4.39 Å². The van der Waals surface area contributed by atoms with Crippen LogP contribution in [-0.2, 0) is 17.8 Å². The van der Waals surface area contributed by atoms with Crippen molar-refractivity contribution < 1.29 is 9.18 Å². The molecule has 1 aliphatic heterocycles. The van der Waals surface area contributed by atoms with E-state index < -0.39 is 0 Å². The van der Waals surface area contributed by atoms with Crippen LogP contribution in [0.1, 0.15) is 40.7 Å². The maximum absolute atomic E-state index is 13.4. The first-order chi connectivity index (χ1) is 12.8. The van der Waals surface area contributed by atoms with Crippen LogP contribution in [-0.4, -0.2) is 52.9 Å². The first-order valence-corrected chi connectivity index (χ1v) is 9.34.